The first-order valence-electron chi connectivity index (χ1n) is 6.34. The lowest BCUT2D eigenvalue weighted by atomic mass is 10.2. The number of nitrogens with one attached hydrogen (secondary N) is 1. The number of aliphatic hydroxyl groups is 1. The third-order valence-electron chi connectivity index (χ3n) is 2.61. The lowest BCUT2D eigenvalue weighted by Crippen LogP contribution is -2.37. The van der Waals surface area contributed by atoms with Gasteiger partial charge >= 0.3 is 0 Å². The molecule has 1 aromatic carbocycles. The molecule has 2 N–H and O–H groups in total. The maximum atomic E-state index is 9.77. The van der Waals surface area contributed by atoms with Crippen molar-refractivity contribution in [1.82, 2.24) is 5.32 Å². The van der Waals surface area contributed by atoms with Crippen LogP contribution in [0.25, 0.3) is 0 Å². The van der Waals surface area contributed by atoms with Crippen LogP contribution in [0.5, 0.6) is 0 Å². The molecule has 0 aromatic heterocycles. The molecular weight excluding hydrogens is 282 g/mol. The van der Waals surface area contributed by atoms with E-state index in [2.05, 4.69) is 18.5 Å². The fraction of sp³-hybridized carbons (Fsp3) is 0.571. The summed E-state index contributed by atoms with van der Waals surface area (Å²) in [4.78, 5) is 0. The first-order chi connectivity index (χ1) is 9.11. The van der Waals surface area contributed by atoms with Gasteiger partial charge in [-0.05, 0) is 30.9 Å². The van der Waals surface area contributed by atoms with Crippen LogP contribution in [0.15, 0.2) is 24.3 Å². The Balaban J connectivity index is 2.13. The van der Waals surface area contributed by atoms with Gasteiger partial charge in [0.2, 0.25) is 0 Å². The van der Waals surface area contributed by atoms with Crippen LogP contribution >= 0.6 is 23.4 Å². The highest BCUT2D eigenvalue weighted by Gasteiger charge is 2.07. The SMILES string of the molecule is CSCC(C)NCC(O)COCc1ccc(Cl)cc1. The topological polar surface area (TPSA) is 41.5 Å². The number of halogens is 1. The molecule has 1 rings (SSSR count). The van der Waals surface area contributed by atoms with Crippen molar-refractivity contribution < 1.29 is 9.84 Å². The van der Waals surface area contributed by atoms with Crippen LogP contribution < -0.4 is 5.32 Å². The number of ether oxygens (including phenoxy) is 1. The van der Waals surface area contributed by atoms with Crippen LogP contribution in [-0.2, 0) is 11.3 Å². The van der Waals surface area contributed by atoms with Crippen LogP contribution in [0.2, 0.25) is 5.02 Å². The van der Waals surface area contributed by atoms with Crippen molar-refractivity contribution in [3.05, 3.63) is 34.9 Å². The second kappa shape index (κ2) is 9.61. The maximum absolute atomic E-state index is 9.77. The van der Waals surface area contributed by atoms with Gasteiger partial charge < -0.3 is 15.2 Å². The molecule has 0 heterocycles. The molecular formula is C14H22ClNO2S. The van der Waals surface area contributed by atoms with E-state index in [-0.39, 0.29) is 0 Å². The van der Waals surface area contributed by atoms with Crippen LogP contribution in [0.4, 0.5) is 0 Å². The third kappa shape index (κ3) is 7.80. The lowest BCUT2D eigenvalue weighted by molar-refractivity contribution is 0.0281. The van der Waals surface area contributed by atoms with Gasteiger partial charge in [-0.15, -0.1) is 0 Å². The van der Waals surface area contributed by atoms with Crippen molar-refractivity contribution in [2.45, 2.75) is 25.7 Å². The molecule has 0 amide bonds. The van der Waals surface area contributed by atoms with Crippen molar-refractivity contribution >= 4 is 23.4 Å². The van der Waals surface area contributed by atoms with Crippen molar-refractivity contribution in [1.29, 1.82) is 0 Å². The summed E-state index contributed by atoms with van der Waals surface area (Å²) in [5, 5.41) is 13.8. The minimum absolute atomic E-state index is 0.335. The number of aliphatic hydroxyl groups excluding tert-OH is 1. The second-order valence-corrected chi connectivity index (χ2v) is 5.91. The quantitative estimate of drug-likeness (QED) is 0.736. The molecule has 0 aliphatic heterocycles. The molecule has 0 radical (unpaired) electrons. The van der Waals surface area contributed by atoms with Gasteiger partial charge in [0.05, 0.1) is 19.3 Å². The smallest absolute Gasteiger partial charge is 0.0897 e. The van der Waals surface area contributed by atoms with Gasteiger partial charge in [-0.1, -0.05) is 23.7 Å². The van der Waals surface area contributed by atoms with Crippen LogP contribution in [0.1, 0.15) is 12.5 Å². The molecule has 3 nitrogen and oxygen atoms in total. The molecule has 2 unspecified atom stereocenters. The van der Waals surface area contributed by atoms with E-state index in [4.69, 9.17) is 16.3 Å². The first-order valence-corrected chi connectivity index (χ1v) is 8.11. The molecule has 2 atom stereocenters. The van der Waals surface area contributed by atoms with Gasteiger partial charge in [0.15, 0.2) is 0 Å². The number of thioether (sulfide) groups is 1. The summed E-state index contributed by atoms with van der Waals surface area (Å²) in [6.07, 6.45) is 1.60. The maximum Gasteiger partial charge on any atom is 0.0897 e. The Hall–Kier alpha value is -0.260. The predicted molar refractivity (Wildman–Crippen MR) is 83.0 cm³/mol. The standard InChI is InChI=1S/C14H22ClNO2S/c1-11(10-19-2)16-7-14(17)9-18-8-12-3-5-13(15)6-4-12/h3-6,11,14,16-17H,7-10H2,1-2H3. The summed E-state index contributed by atoms with van der Waals surface area (Å²) < 4.78 is 5.48. The average molecular weight is 304 g/mol. The van der Waals surface area contributed by atoms with E-state index < -0.39 is 6.10 Å². The Morgan fingerprint density at radius 1 is 1.37 bits per heavy atom. The molecule has 0 fully saturated rings. The Morgan fingerprint density at radius 3 is 2.68 bits per heavy atom. The van der Waals surface area contributed by atoms with Crippen LogP contribution in [0, 0.1) is 0 Å². The summed E-state index contributed by atoms with van der Waals surface area (Å²) in [6, 6.07) is 7.92. The Bertz CT molecular complexity index is 348. The zero-order valence-corrected chi connectivity index (χ0v) is 13.0. The molecule has 1 aromatic rings. The highest BCUT2D eigenvalue weighted by molar-refractivity contribution is 7.98. The fourth-order valence-electron chi connectivity index (χ4n) is 1.60. The van der Waals surface area contributed by atoms with Crippen LogP contribution in [0.3, 0.4) is 0 Å². The molecule has 0 saturated carbocycles. The van der Waals surface area contributed by atoms with E-state index in [1.54, 1.807) is 11.8 Å². The monoisotopic (exact) mass is 303 g/mol. The van der Waals surface area contributed by atoms with Crippen molar-refractivity contribution in [3.63, 3.8) is 0 Å². The van der Waals surface area contributed by atoms with Gasteiger partial charge in [0.25, 0.3) is 0 Å². The van der Waals surface area contributed by atoms with E-state index in [1.807, 2.05) is 24.3 Å². The van der Waals surface area contributed by atoms with E-state index in [1.165, 1.54) is 0 Å². The molecule has 0 saturated heterocycles. The van der Waals surface area contributed by atoms with E-state index >= 15 is 0 Å². The second-order valence-electron chi connectivity index (χ2n) is 4.56. The number of hydrogen-bond donors (Lipinski definition) is 2. The van der Waals surface area contributed by atoms with Crippen molar-refractivity contribution in [2.75, 3.05) is 25.2 Å². The predicted octanol–water partition coefficient (Wildman–Crippen LogP) is 2.56. The molecule has 0 aliphatic carbocycles. The van der Waals surface area contributed by atoms with Gasteiger partial charge in [0.1, 0.15) is 0 Å². The minimum Gasteiger partial charge on any atom is -0.389 e. The minimum atomic E-state index is -0.475. The largest absolute Gasteiger partial charge is 0.389 e. The Labute approximate surface area is 124 Å². The summed E-state index contributed by atoms with van der Waals surface area (Å²) in [5.41, 5.74) is 1.06. The molecule has 108 valence electrons. The highest BCUT2D eigenvalue weighted by Crippen LogP contribution is 2.10. The Kier molecular flexibility index (Phi) is 8.50. The highest BCUT2D eigenvalue weighted by atomic mass is 35.5. The Morgan fingerprint density at radius 2 is 2.05 bits per heavy atom. The van der Waals surface area contributed by atoms with Gasteiger partial charge in [-0.25, -0.2) is 0 Å². The molecule has 0 spiro atoms. The fourth-order valence-corrected chi connectivity index (χ4v) is 2.34. The molecule has 0 aliphatic rings. The van der Waals surface area contributed by atoms with Crippen molar-refractivity contribution in [3.8, 4) is 0 Å². The third-order valence-corrected chi connectivity index (χ3v) is 3.70. The van der Waals surface area contributed by atoms with Gasteiger partial charge in [-0.3, -0.25) is 0 Å². The number of hydrogen-bond acceptors (Lipinski definition) is 4. The summed E-state index contributed by atoms with van der Waals surface area (Å²) in [6.45, 7) is 3.50. The van der Waals surface area contributed by atoms with E-state index in [0.717, 1.165) is 16.3 Å². The molecule has 5 heteroatoms. The summed E-state index contributed by atoms with van der Waals surface area (Å²) >= 11 is 7.59. The normalized spacial score (nSPS) is 14.3. The van der Waals surface area contributed by atoms with Crippen LogP contribution in [-0.4, -0.2) is 42.4 Å². The lowest BCUT2D eigenvalue weighted by Gasteiger charge is -2.16. The van der Waals surface area contributed by atoms with E-state index in [0.29, 0.717) is 25.8 Å². The zero-order chi connectivity index (χ0) is 14.1. The van der Waals surface area contributed by atoms with E-state index in [9.17, 15) is 5.11 Å². The number of benzene rings is 1. The summed E-state index contributed by atoms with van der Waals surface area (Å²) in [5.74, 6) is 1.04. The van der Waals surface area contributed by atoms with Crippen molar-refractivity contribution in [2.24, 2.45) is 0 Å². The van der Waals surface area contributed by atoms with Gasteiger partial charge in [-0.2, -0.15) is 11.8 Å². The average Bonchev–Trinajstić information content (AvgIpc) is 2.39. The zero-order valence-electron chi connectivity index (χ0n) is 11.4. The number of rotatable bonds is 9. The first kappa shape index (κ1) is 16.8. The molecule has 19 heavy (non-hydrogen) atoms. The van der Waals surface area contributed by atoms with Gasteiger partial charge in [0, 0.05) is 23.4 Å². The molecule has 0 bridgehead atoms. The summed E-state index contributed by atoms with van der Waals surface area (Å²) in [7, 11) is 0.